The molecule has 1 heterocycles. The number of nitrogens with zero attached hydrogens (tertiary/aromatic N) is 1. The maximum atomic E-state index is 8.19. The smallest absolute Gasteiger partial charge is 1.00 e. The molecule has 6 rings (SSSR count). The normalized spacial score (nSPS) is 15.9. The van der Waals surface area contributed by atoms with Crippen LogP contribution < -0.4 is 54.4 Å². The quantitative estimate of drug-likeness (QED) is 0.112. The molecule has 0 aliphatic carbocycles. The van der Waals surface area contributed by atoms with E-state index in [1.165, 1.54) is 21.5 Å². The fraction of sp³-hybridized carbons (Fsp3) is 0.179. The third kappa shape index (κ3) is 7.85. The van der Waals surface area contributed by atoms with Crippen LogP contribution in [0, 0.1) is 0 Å². The second-order valence-corrected chi connectivity index (χ2v) is 18.4. The first-order valence-electron chi connectivity index (χ1n) is 16.2. The first-order chi connectivity index (χ1) is 23.0. The number of hydrogen-bond donors (Lipinski definition) is 4. The molecule has 5 N–H and O–H groups in total. The van der Waals surface area contributed by atoms with E-state index in [4.69, 9.17) is 21.7 Å². The number of nitrogens with one attached hydrogen (secondary N) is 3. The van der Waals surface area contributed by atoms with E-state index in [1.807, 2.05) is 30.3 Å². The Bertz CT molecular complexity index is 1690. The summed E-state index contributed by atoms with van der Waals surface area (Å²) in [7, 11) is 0. The van der Waals surface area contributed by atoms with Gasteiger partial charge >= 0.3 is 218 Å². The predicted molar refractivity (Wildman–Crippen MR) is 199 cm³/mol. The minimum atomic E-state index is -3.26. The van der Waals surface area contributed by atoms with Crippen molar-refractivity contribution < 1.29 is 22.1 Å². The molecule has 0 saturated carbocycles. The second-order valence-electron chi connectivity index (χ2n) is 11.8. The summed E-state index contributed by atoms with van der Waals surface area (Å²) in [6.07, 6.45) is 3.24. The van der Waals surface area contributed by atoms with E-state index in [0.717, 1.165) is 49.2 Å². The Kier molecular flexibility index (Phi) is 11.8. The van der Waals surface area contributed by atoms with Crippen LogP contribution in [0.4, 0.5) is 0 Å². The minimum absolute atomic E-state index is 0. The predicted octanol–water partition coefficient (Wildman–Crippen LogP) is 1.72. The number of guanidine groups is 2. The van der Waals surface area contributed by atoms with Crippen molar-refractivity contribution in [2.24, 2.45) is 10.7 Å². The Morgan fingerprint density at radius 2 is 1.23 bits per heavy atom. The van der Waals surface area contributed by atoms with Crippen LogP contribution in [0.25, 0.3) is 0 Å². The van der Waals surface area contributed by atoms with Crippen LogP contribution in [-0.2, 0) is 6.42 Å². The summed E-state index contributed by atoms with van der Waals surface area (Å²) >= 11 is 8.19. The van der Waals surface area contributed by atoms with Gasteiger partial charge in [-0.2, -0.15) is 0 Å². The van der Waals surface area contributed by atoms with Crippen LogP contribution in [0.2, 0.25) is 0 Å². The van der Waals surface area contributed by atoms with Crippen LogP contribution >= 0.6 is 17.2 Å². The molecule has 6 nitrogen and oxygen atoms in total. The van der Waals surface area contributed by atoms with Gasteiger partial charge in [0.05, 0.1) is 6.54 Å². The van der Waals surface area contributed by atoms with Crippen molar-refractivity contribution in [3.63, 3.8) is 0 Å². The molecule has 0 spiro atoms. The summed E-state index contributed by atoms with van der Waals surface area (Å²) in [6.45, 7) is 1.36. The molecule has 248 valence electrons. The minimum Gasteiger partial charge on any atom is -1.00 e. The van der Waals surface area contributed by atoms with Gasteiger partial charge in [0.1, 0.15) is 0 Å². The summed E-state index contributed by atoms with van der Waals surface area (Å²) in [4.78, 5) is 7.95. The van der Waals surface area contributed by atoms with E-state index in [-0.39, 0.29) is 18.6 Å². The number of benzene rings is 5. The Hall–Kier alpha value is -4.35. The number of aliphatic imine (C=N–C) groups is 1. The van der Waals surface area contributed by atoms with Crippen molar-refractivity contribution in [1.29, 1.82) is 0 Å². The topological polar surface area (TPSA) is 85.6 Å². The summed E-state index contributed by atoms with van der Waals surface area (Å²) in [6, 6.07) is 50.3. The van der Waals surface area contributed by atoms with Gasteiger partial charge in [0.15, 0.2) is 0 Å². The fourth-order valence-corrected chi connectivity index (χ4v) is 12.5. The number of nitrogens with two attached hydrogens (primary N) is 1. The molecule has 0 radical (unpaired) electrons. The third-order valence-electron chi connectivity index (χ3n) is 8.68. The van der Waals surface area contributed by atoms with Gasteiger partial charge < -0.3 is 18.1 Å². The van der Waals surface area contributed by atoms with Crippen LogP contribution in [0.3, 0.4) is 0 Å². The number of ether oxygens (including phenoxy) is 1. The number of halogens is 2. The van der Waals surface area contributed by atoms with Gasteiger partial charge in [-0.05, 0) is 5.56 Å². The number of hydrogen-bond acceptors (Lipinski definition) is 3. The molecular weight excluding hydrogens is 656 g/mol. The average molecular weight is 699 g/mol. The summed E-state index contributed by atoms with van der Waals surface area (Å²) in [5.74, 6) is -1.32. The Labute approximate surface area is 294 Å². The van der Waals surface area contributed by atoms with E-state index < -0.39 is 5.96 Å². The van der Waals surface area contributed by atoms with Gasteiger partial charge in [-0.3, -0.25) is 4.99 Å². The molecule has 0 bridgehead atoms. The number of rotatable bonds is 13. The Balaban J connectivity index is 0.00000451. The monoisotopic (exact) mass is 697 g/mol. The van der Waals surface area contributed by atoms with E-state index >= 15 is 0 Å². The van der Waals surface area contributed by atoms with E-state index in [9.17, 15) is 0 Å². The first kappa shape index (κ1) is 35.0. The summed E-state index contributed by atoms with van der Waals surface area (Å²) in [5, 5.41) is 10.1. The molecule has 9 heteroatoms. The van der Waals surface area contributed by atoms with Gasteiger partial charge in [-0.15, -0.1) is 0 Å². The Morgan fingerprint density at radius 1 is 0.708 bits per heavy atom. The van der Waals surface area contributed by atoms with Crippen LogP contribution in [0.5, 0.6) is 5.75 Å². The molecule has 5 aromatic rings. The molecule has 5 aromatic carbocycles. The summed E-state index contributed by atoms with van der Waals surface area (Å²) < 4.78 is 6.21. The van der Waals surface area contributed by atoms with Crippen molar-refractivity contribution in [2.75, 3.05) is 19.3 Å². The van der Waals surface area contributed by atoms with E-state index in [1.54, 1.807) is 0 Å². The van der Waals surface area contributed by atoms with Crippen molar-refractivity contribution in [3.8, 4) is 5.75 Å². The van der Waals surface area contributed by atoms with Crippen molar-refractivity contribution in [3.05, 3.63) is 157 Å². The van der Waals surface area contributed by atoms with Gasteiger partial charge in [-0.25, -0.2) is 5.32 Å². The van der Waals surface area contributed by atoms with Gasteiger partial charge in [0, 0.05) is 6.42 Å². The van der Waals surface area contributed by atoms with Crippen LogP contribution in [-0.4, -0.2) is 31.2 Å². The molecule has 1 aliphatic rings. The molecule has 1 aliphatic heterocycles. The van der Waals surface area contributed by atoms with Crippen LogP contribution in [0.1, 0.15) is 30.1 Å². The second kappa shape index (κ2) is 16.2. The van der Waals surface area contributed by atoms with E-state index in [2.05, 4.69) is 136 Å². The third-order valence-corrected chi connectivity index (χ3v) is 16.2. The standard InChI is InChI=1S/C39H41ClN5OP.ClH/c40-47(34-17-7-2-8-18-34,35-19-9-3-10-20-35,36-21-11-4-12-22-36)30-14-13-29-46-33-25-23-32(24-26-33)37-43-38(41)45-39(44-37)42-28-27-31-15-5-1-6-16-31;/h1-12,15-26,37H,13-14,27-30H2,(H4,41,42,43,44,45);1H. The van der Waals surface area contributed by atoms with Gasteiger partial charge in [0.2, 0.25) is 0 Å². The number of unbranched alkanes of at least 4 members (excludes halogenated alkanes) is 1. The average Bonchev–Trinajstić information content (AvgIpc) is 3.13. The fourth-order valence-electron chi connectivity index (χ4n) is 6.23. The van der Waals surface area contributed by atoms with Gasteiger partial charge in [-0.1, -0.05) is 30.3 Å². The van der Waals surface area contributed by atoms with Crippen LogP contribution in [0.15, 0.2) is 151 Å². The van der Waals surface area contributed by atoms with Gasteiger partial charge in [0.25, 0.3) is 0 Å². The van der Waals surface area contributed by atoms with Crippen molar-refractivity contribution in [2.45, 2.75) is 25.4 Å². The Morgan fingerprint density at radius 3 is 1.77 bits per heavy atom. The zero-order chi connectivity index (χ0) is 32.4. The molecule has 0 saturated heterocycles. The molecular formula is C39H42Cl2N5OP. The molecule has 0 fully saturated rings. The van der Waals surface area contributed by atoms with Crippen molar-refractivity contribution >= 4 is 45.0 Å². The van der Waals surface area contributed by atoms with Crippen molar-refractivity contribution in [1.82, 2.24) is 10.6 Å². The SMILES string of the molecule is NC1=NC(c2ccc(OCCCCP(Cl)(c3ccccc3)(c3ccccc3)c3ccccc3)cc2)NC(=[NH+]CCc2ccccc2)N1.[Cl-]. The molecule has 1 unspecified atom stereocenters. The zero-order valence-electron chi connectivity index (χ0n) is 26.8. The maximum absolute atomic E-state index is 8.19. The molecule has 0 amide bonds. The molecule has 48 heavy (non-hydrogen) atoms. The molecule has 1 atom stereocenters. The summed E-state index contributed by atoms with van der Waals surface area (Å²) in [5.41, 5.74) is 8.39. The first-order valence-corrected chi connectivity index (χ1v) is 19.5. The zero-order valence-corrected chi connectivity index (χ0v) is 29.2. The van der Waals surface area contributed by atoms with E-state index in [0.29, 0.717) is 12.6 Å². The molecule has 0 aromatic heterocycles.